The quantitative estimate of drug-likeness (QED) is 0.390. The minimum atomic E-state index is -0.387. The molecule has 2 aromatic carbocycles. The Morgan fingerprint density at radius 1 is 1.16 bits per heavy atom. The molecule has 0 aliphatic heterocycles. The Bertz CT molecular complexity index is 905. The lowest BCUT2D eigenvalue weighted by Crippen LogP contribution is -2.04. The zero-order valence-corrected chi connectivity index (χ0v) is 14.9. The van der Waals surface area contributed by atoms with E-state index < -0.39 is 0 Å². The van der Waals surface area contributed by atoms with Crippen molar-refractivity contribution in [1.82, 2.24) is 20.2 Å². The molecule has 1 aromatic heterocycles. The summed E-state index contributed by atoms with van der Waals surface area (Å²) in [6, 6.07) is 12.7. The molecule has 0 aliphatic rings. The Morgan fingerprint density at radius 3 is 2.52 bits per heavy atom. The van der Waals surface area contributed by atoms with Crippen molar-refractivity contribution in [2.24, 2.45) is 0 Å². The van der Waals surface area contributed by atoms with Crippen molar-refractivity contribution < 1.29 is 4.92 Å². The van der Waals surface area contributed by atoms with Crippen LogP contribution in [0.4, 0.5) is 5.69 Å². The lowest BCUT2D eigenvalue weighted by Gasteiger charge is -2.13. The summed E-state index contributed by atoms with van der Waals surface area (Å²) >= 11 is 1.47. The molecule has 1 heterocycles. The van der Waals surface area contributed by atoms with Crippen LogP contribution >= 0.6 is 11.8 Å². The van der Waals surface area contributed by atoms with Crippen LogP contribution in [0.1, 0.15) is 28.9 Å². The van der Waals surface area contributed by atoms with E-state index in [2.05, 4.69) is 15.5 Å². The predicted octanol–water partition coefficient (Wildman–Crippen LogP) is 4.04. The van der Waals surface area contributed by atoms with Crippen molar-refractivity contribution in [3.63, 3.8) is 0 Å². The van der Waals surface area contributed by atoms with Crippen molar-refractivity contribution in [1.29, 1.82) is 0 Å². The van der Waals surface area contributed by atoms with Gasteiger partial charge in [-0.2, -0.15) is 4.68 Å². The highest BCUT2D eigenvalue weighted by Crippen LogP contribution is 2.35. The Balaban J connectivity index is 1.91. The number of aryl methyl sites for hydroxylation is 2. The van der Waals surface area contributed by atoms with Crippen LogP contribution < -0.4 is 0 Å². The third-order valence-corrected chi connectivity index (χ3v) is 5.02. The molecule has 8 heteroatoms. The van der Waals surface area contributed by atoms with Gasteiger partial charge in [0.15, 0.2) is 0 Å². The minimum absolute atomic E-state index is 0.0334. The third kappa shape index (κ3) is 3.53. The van der Waals surface area contributed by atoms with Crippen LogP contribution in [0.5, 0.6) is 0 Å². The Kier molecular flexibility index (Phi) is 4.80. The zero-order valence-electron chi connectivity index (χ0n) is 14.1. The molecule has 1 unspecified atom stereocenters. The van der Waals surface area contributed by atoms with Gasteiger partial charge in [-0.05, 0) is 47.9 Å². The smallest absolute Gasteiger partial charge is 0.258 e. The van der Waals surface area contributed by atoms with Gasteiger partial charge < -0.3 is 0 Å². The fourth-order valence-electron chi connectivity index (χ4n) is 2.65. The summed E-state index contributed by atoms with van der Waals surface area (Å²) in [5, 5.41) is 23.6. The van der Waals surface area contributed by atoms with Gasteiger partial charge in [-0.3, -0.25) is 10.1 Å². The van der Waals surface area contributed by atoms with Gasteiger partial charge in [0.1, 0.15) is 0 Å². The first-order valence-electron chi connectivity index (χ1n) is 7.73. The Hall–Kier alpha value is -2.74. The monoisotopic (exact) mass is 355 g/mol. The number of nitro groups is 1. The maximum Gasteiger partial charge on any atom is 0.269 e. The van der Waals surface area contributed by atoms with Crippen molar-refractivity contribution in [2.75, 3.05) is 0 Å². The molecular weight excluding hydrogens is 338 g/mol. The standard InChI is InChI=1S/C17H17N5O2S/c1-11-6-4-7-12(2)16(11)21-17(18-19-20-21)25-13(3)14-8-5-9-15(10-14)22(23)24/h4-10,13H,1-3H3. The molecule has 0 radical (unpaired) electrons. The van der Waals surface area contributed by atoms with Gasteiger partial charge in [0.2, 0.25) is 5.16 Å². The number of nitro benzene ring substituents is 1. The summed E-state index contributed by atoms with van der Waals surface area (Å²) in [5.41, 5.74) is 4.06. The average molecular weight is 355 g/mol. The second-order valence-corrected chi connectivity index (χ2v) is 7.03. The van der Waals surface area contributed by atoms with Crippen molar-refractivity contribution in [3.8, 4) is 5.69 Å². The SMILES string of the molecule is Cc1cccc(C)c1-n1nnnc1SC(C)c1cccc([N+](=O)[O-])c1. The molecule has 0 amide bonds. The topological polar surface area (TPSA) is 86.7 Å². The van der Waals surface area contributed by atoms with Gasteiger partial charge in [-0.1, -0.05) is 42.1 Å². The number of hydrogen-bond donors (Lipinski definition) is 0. The number of thioether (sulfide) groups is 1. The number of nitrogens with zero attached hydrogens (tertiary/aromatic N) is 5. The zero-order chi connectivity index (χ0) is 18.0. The Morgan fingerprint density at radius 2 is 1.84 bits per heavy atom. The molecule has 0 spiro atoms. The molecule has 0 fully saturated rings. The van der Waals surface area contributed by atoms with Crippen LogP contribution in [0, 0.1) is 24.0 Å². The summed E-state index contributed by atoms with van der Waals surface area (Å²) in [6.45, 7) is 6.01. The van der Waals surface area contributed by atoms with E-state index in [0.717, 1.165) is 22.4 Å². The maximum absolute atomic E-state index is 11.0. The normalized spacial score (nSPS) is 12.1. The van der Waals surface area contributed by atoms with Gasteiger partial charge in [0, 0.05) is 17.4 Å². The molecule has 0 bridgehead atoms. The molecule has 3 aromatic rings. The minimum Gasteiger partial charge on any atom is -0.258 e. The lowest BCUT2D eigenvalue weighted by atomic mass is 10.1. The molecular formula is C17H17N5O2S. The van der Waals surface area contributed by atoms with Gasteiger partial charge in [0.25, 0.3) is 5.69 Å². The van der Waals surface area contributed by atoms with Crippen molar-refractivity contribution in [3.05, 3.63) is 69.3 Å². The first-order chi connectivity index (χ1) is 12.0. The van der Waals surface area contributed by atoms with E-state index >= 15 is 0 Å². The fraction of sp³-hybridized carbons (Fsp3) is 0.235. The van der Waals surface area contributed by atoms with Crippen LogP contribution in [-0.2, 0) is 0 Å². The summed E-state index contributed by atoms with van der Waals surface area (Å²) in [6.07, 6.45) is 0. The fourth-order valence-corrected chi connectivity index (χ4v) is 3.56. The van der Waals surface area contributed by atoms with Gasteiger partial charge in [0.05, 0.1) is 10.6 Å². The average Bonchev–Trinajstić information content (AvgIpc) is 3.02. The van der Waals surface area contributed by atoms with E-state index in [9.17, 15) is 10.1 Å². The first kappa shape index (κ1) is 17.1. The number of rotatable bonds is 5. The summed E-state index contributed by atoms with van der Waals surface area (Å²) in [4.78, 5) is 10.6. The van der Waals surface area contributed by atoms with Crippen molar-refractivity contribution in [2.45, 2.75) is 31.2 Å². The van der Waals surface area contributed by atoms with E-state index in [1.165, 1.54) is 17.8 Å². The predicted molar refractivity (Wildman–Crippen MR) is 96.0 cm³/mol. The first-order valence-corrected chi connectivity index (χ1v) is 8.61. The summed E-state index contributed by atoms with van der Waals surface area (Å²) in [5.74, 6) is 0. The van der Waals surface area contributed by atoms with E-state index in [1.54, 1.807) is 16.8 Å². The van der Waals surface area contributed by atoms with Gasteiger partial charge in [-0.25, -0.2) is 0 Å². The molecule has 0 N–H and O–H groups in total. The molecule has 128 valence electrons. The van der Waals surface area contributed by atoms with E-state index in [0.29, 0.717) is 5.16 Å². The van der Waals surface area contributed by atoms with Crippen LogP contribution in [0.25, 0.3) is 5.69 Å². The highest BCUT2D eigenvalue weighted by Gasteiger charge is 2.18. The highest BCUT2D eigenvalue weighted by molar-refractivity contribution is 7.99. The van der Waals surface area contributed by atoms with Crippen molar-refractivity contribution >= 4 is 17.4 Å². The third-order valence-electron chi connectivity index (χ3n) is 3.92. The number of tetrazole rings is 1. The van der Waals surface area contributed by atoms with Crippen LogP contribution in [0.2, 0.25) is 0 Å². The van der Waals surface area contributed by atoms with Crippen LogP contribution in [0.15, 0.2) is 47.6 Å². The van der Waals surface area contributed by atoms with Crippen LogP contribution in [-0.4, -0.2) is 25.1 Å². The van der Waals surface area contributed by atoms with Gasteiger partial charge >= 0.3 is 0 Å². The molecule has 1 atom stereocenters. The van der Waals surface area contributed by atoms with Gasteiger partial charge in [-0.15, -0.1) is 5.10 Å². The largest absolute Gasteiger partial charge is 0.269 e. The second kappa shape index (κ2) is 7.02. The Labute approximate surface area is 149 Å². The highest BCUT2D eigenvalue weighted by atomic mass is 32.2. The summed E-state index contributed by atoms with van der Waals surface area (Å²) in [7, 11) is 0. The van der Waals surface area contributed by atoms with E-state index in [-0.39, 0.29) is 15.9 Å². The summed E-state index contributed by atoms with van der Waals surface area (Å²) < 4.78 is 1.73. The van der Waals surface area contributed by atoms with Crippen LogP contribution in [0.3, 0.4) is 0 Å². The molecule has 0 saturated heterocycles. The number of aromatic nitrogens is 4. The van der Waals surface area contributed by atoms with E-state index in [4.69, 9.17) is 0 Å². The molecule has 3 rings (SSSR count). The maximum atomic E-state index is 11.0. The number of non-ortho nitro benzene ring substituents is 1. The molecule has 25 heavy (non-hydrogen) atoms. The molecule has 7 nitrogen and oxygen atoms in total. The molecule has 0 aliphatic carbocycles. The van der Waals surface area contributed by atoms with E-state index in [1.807, 2.05) is 45.0 Å². The number of benzene rings is 2. The second-order valence-electron chi connectivity index (χ2n) is 5.73. The number of para-hydroxylation sites is 1. The number of hydrogen-bond acceptors (Lipinski definition) is 6. The molecule has 0 saturated carbocycles. The lowest BCUT2D eigenvalue weighted by molar-refractivity contribution is -0.384.